The van der Waals surface area contributed by atoms with Gasteiger partial charge in [-0.1, -0.05) is 104 Å². The number of esters is 3. The Balaban J connectivity index is 1.96. The first-order valence-corrected chi connectivity index (χ1v) is 22.5. The number of carbonyl (C=O) groups excluding carboxylic acids is 6. The molecule has 0 saturated carbocycles. The highest BCUT2D eigenvalue weighted by Gasteiger charge is 2.39. The lowest BCUT2D eigenvalue weighted by molar-refractivity contribution is -0.161. The number of benzene rings is 1. The Hall–Kier alpha value is -4.63. The fraction of sp³-hybridized carbons (Fsp3) is 0.630. The van der Waals surface area contributed by atoms with Gasteiger partial charge in [0.2, 0.25) is 11.8 Å². The maximum atomic E-state index is 14.9. The molecule has 0 bridgehead atoms. The molecule has 1 aliphatic rings. The molecule has 2 heterocycles. The molecule has 14 nitrogen and oxygen atoms in total. The maximum Gasteiger partial charge on any atom is 0.309 e. The minimum Gasteiger partial charge on any atom is -0.461 e. The van der Waals surface area contributed by atoms with Crippen LogP contribution in [0, 0.1) is 23.7 Å². The van der Waals surface area contributed by atoms with Gasteiger partial charge in [-0.2, -0.15) is 0 Å². The molecule has 1 aromatic carbocycles. The van der Waals surface area contributed by atoms with E-state index in [4.69, 9.17) is 14.2 Å². The first kappa shape index (κ1) is 50.7. The zero-order chi connectivity index (χ0) is 45.2. The normalized spacial score (nSPS) is 17.3. The summed E-state index contributed by atoms with van der Waals surface area (Å²) in [6, 6.07) is 7.21. The molecule has 0 spiro atoms. The predicted octanol–water partition coefficient (Wildman–Crippen LogP) is 6.65. The van der Waals surface area contributed by atoms with Gasteiger partial charge in [-0.15, -0.1) is 11.3 Å². The molecule has 3 amide bonds. The fourth-order valence-electron chi connectivity index (χ4n) is 7.45. The standard InChI is InChI=1S/C46H69N5O9S/c1-11-22-58-46(57)32(8)24-35(25-34-18-14-13-15-19-34)47-42(54)36-27-61-44(48-36)39(60-33(9)52)26-38(30(5)6)51(28-59-40(53)23-29(3)4)45(56)41(31(7)12-2)49-43(55)37-20-16-17-21-50(37)10/h11,13-15,18-19,27,29-32,35,37-39,41H,1,12,16-17,20-26,28H2,2-10H3,(H,47,54)(H,49,55)/t31-,32-,35+,37+,38+,39+,41-/m0/s1. The second kappa shape index (κ2) is 25.3. The van der Waals surface area contributed by atoms with Gasteiger partial charge in [0.15, 0.2) is 12.8 Å². The van der Waals surface area contributed by atoms with Gasteiger partial charge >= 0.3 is 17.9 Å². The van der Waals surface area contributed by atoms with Crippen LogP contribution in [0.15, 0.2) is 48.4 Å². The smallest absolute Gasteiger partial charge is 0.309 e. The van der Waals surface area contributed by atoms with E-state index >= 15 is 0 Å². The van der Waals surface area contributed by atoms with E-state index in [1.54, 1.807) is 12.3 Å². The van der Waals surface area contributed by atoms with Gasteiger partial charge in [0, 0.05) is 37.2 Å². The average molecular weight is 868 g/mol. The summed E-state index contributed by atoms with van der Waals surface area (Å²) < 4.78 is 16.9. The van der Waals surface area contributed by atoms with Crippen molar-refractivity contribution in [3.8, 4) is 0 Å². The minimum atomic E-state index is -0.981. The van der Waals surface area contributed by atoms with Crippen LogP contribution in [-0.2, 0) is 44.6 Å². The summed E-state index contributed by atoms with van der Waals surface area (Å²) >= 11 is 1.14. The summed E-state index contributed by atoms with van der Waals surface area (Å²) in [7, 11) is 1.91. The van der Waals surface area contributed by atoms with Crippen molar-refractivity contribution in [2.24, 2.45) is 23.7 Å². The van der Waals surface area contributed by atoms with Gasteiger partial charge in [-0.05, 0) is 62.6 Å². The first-order chi connectivity index (χ1) is 28.9. The molecule has 2 aromatic rings. The van der Waals surface area contributed by atoms with Gasteiger partial charge in [0.25, 0.3) is 5.91 Å². The summed E-state index contributed by atoms with van der Waals surface area (Å²) in [6.07, 6.45) is 4.68. The number of likely N-dealkylation sites (tertiary alicyclic amines) is 1. The molecule has 15 heteroatoms. The largest absolute Gasteiger partial charge is 0.461 e. The highest BCUT2D eigenvalue weighted by molar-refractivity contribution is 7.09. The second-order valence-corrected chi connectivity index (χ2v) is 17.9. The van der Waals surface area contributed by atoms with Crippen molar-refractivity contribution in [3.05, 3.63) is 64.6 Å². The van der Waals surface area contributed by atoms with Crippen molar-refractivity contribution < 1.29 is 43.0 Å². The number of aromatic nitrogens is 1. The lowest BCUT2D eigenvalue weighted by Crippen LogP contribution is -2.59. The predicted molar refractivity (Wildman–Crippen MR) is 235 cm³/mol. The van der Waals surface area contributed by atoms with E-state index in [0.29, 0.717) is 30.7 Å². The first-order valence-electron chi connectivity index (χ1n) is 21.7. The molecule has 1 aliphatic heterocycles. The molecule has 0 aliphatic carbocycles. The molecule has 1 aromatic heterocycles. The highest BCUT2D eigenvalue weighted by Crippen LogP contribution is 2.32. The van der Waals surface area contributed by atoms with E-state index in [-0.39, 0.29) is 61.6 Å². The van der Waals surface area contributed by atoms with Crippen LogP contribution < -0.4 is 10.6 Å². The Morgan fingerprint density at radius 3 is 2.31 bits per heavy atom. The molecule has 1 fully saturated rings. The van der Waals surface area contributed by atoms with Crippen molar-refractivity contribution in [1.29, 1.82) is 0 Å². The molecular formula is C46H69N5O9S. The summed E-state index contributed by atoms with van der Waals surface area (Å²) in [5.41, 5.74) is 1.07. The topological polar surface area (TPSA) is 174 Å². The third-order valence-corrected chi connectivity index (χ3v) is 12.0. The number of rotatable bonds is 24. The molecule has 3 rings (SSSR count). The Kier molecular flexibility index (Phi) is 21.1. The molecule has 0 unspecified atom stereocenters. The summed E-state index contributed by atoms with van der Waals surface area (Å²) in [5, 5.41) is 8.04. The van der Waals surface area contributed by atoms with Crippen LogP contribution >= 0.6 is 11.3 Å². The van der Waals surface area contributed by atoms with E-state index in [1.807, 2.05) is 83.8 Å². The van der Waals surface area contributed by atoms with E-state index in [2.05, 4.69) is 22.2 Å². The van der Waals surface area contributed by atoms with Crippen molar-refractivity contribution in [3.63, 3.8) is 0 Å². The maximum absolute atomic E-state index is 14.9. The number of hydrogen-bond donors (Lipinski definition) is 2. The lowest BCUT2D eigenvalue weighted by Gasteiger charge is -2.39. The number of thiazole rings is 1. The van der Waals surface area contributed by atoms with Crippen LogP contribution in [0.1, 0.15) is 127 Å². The summed E-state index contributed by atoms with van der Waals surface area (Å²) in [4.78, 5) is 88.8. The zero-order valence-corrected chi connectivity index (χ0v) is 38.5. The van der Waals surface area contributed by atoms with Gasteiger partial charge in [0.05, 0.1) is 12.0 Å². The number of carbonyl (C=O) groups is 6. The number of nitrogens with zero attached hydrogens (tertiary/aromatic N) is 3. The average Bonchev–Trinajstić information content (AvgIpc) is 3.71. The van der Waals surface area contributed by atoms with Crippen molar-refractivity contribution >= 4 is 47.0 Å². The fourth-order valence-corrected chi connectivity index (χ4v) is 8.29. The minimum absolute atomic E-state index is 0.0256. The molecule has 61 heavy (non-hydrogen) atoms. The Bertz CT molecular complexity index is 1750. The van der Waals surface area contributed by atoms with Crippen LogP contribution in [0.3, 0.4) is 0 Å². The molecular weight excluding hydrogens is 799 g/mol. The van der Waals surface area contributed by atoms with Gasteiger partial charge in [-0.25, -0.2) is 4.98 Å². The SMILES string of the molecule is C=CCOC(=O)[C@@H](C)C[C@H](Cc1ccccc1)NC(=O)c1csc([C@@H](C[C@H](C(C)C)N(COC(=O)CC(C)C)C(=O)[C@@H](NC(=O)[C@H]2CCCCN2C)[C@@H](C)CC)OC(C)=O)n1. The van der Waals surface area contributed by atoms with Gasteiger partial charge in [-0.3, -0.25) is 33.7 Å². The van der Waals surface area contributed by atoms with E-state index in [9.17, 15) is 28.8 Å². The number of nitrogens with one attached hydrogen (secondary N) is 2. The highest BCUT2D eigenvalue weighted by atomic mass is 32.1. The Labute approximate surface area is 366 Å². The number of hydrogen-bond acceptors (Lipinski definition) is 12. The monoisotopic (exact) mass is 867 g/mol. The van der Waals surface area contributed by atoms with Crippen LogP contribution in [-0.4, -0.2) is 102 Å². The van der Waals surface area contributed by atoms with E-state index < -0.39 is 59.9 Å². The summed E-state index contributed by atoms with van der Waals surface area (Å²) in [5.74, 6) is -3.56. The van der Waals surface area contributed by atoms with Gasteiger partial charge in [0.1, 0.15) is 23.4 Å². The number of amides is 3. The number of piperidine rings is 1. The number of ether oxygens (including phenoxy) is 3. The molecule has 338 valence electrons. The molecule has 0 radical (unpaired) electrons. The van der Waals surface area contributed by atoms with Crippen molar-refractivity contribution in [2.75, 3.05) is 26.9 Å². The van der Waals surface area contributed by atoms with Crippen molar-refractivity contribution in [1.82, 2.24) is 25.4 Å². The number of likely N-dealkylation sites (N-methyl/N-ethyl adjacent to an activating group) is 1. The van der Waals surface area contributed by atoms with Crippen molar-refractivity contribution in [2.45, 2.75) is 137 Å². The van der Waals surface area contributed by atoms with E-state index in [1.165, 1.54) is 17.9 Å². The van der Waals surface area contributed by atoms with Crippen LogP contribution in [0.5, 0.6) is 0 Å². The Morgan fingerprint density at radius 1 is 1.00 bits per heavy atom. The van der Waals surface area contributed by atoms with Crippen LogP contribution in [0.4, 0.5) is 0 Å². The quantitative estimate of drug-likeness (QED) is 0.0501. The van der Waals surface area contributed by atoms with Gasteiger partial charge < -0.3 is 29.7 Å². The Morgan fingerprint density at radius 2 is 1.70 bits per heavy atom. The van der Waals surface area contributed by atoms with Crippen LogP contribution in [0.25, 0.3) is 0 Å². The molecule has 1 saturated heterocycles. The second-order valence-electron chi connectivity index (χ2n) is 17.0. The third-order valence-electron chi connectivity index (χ3n) is 11.1. The third kappa shape index (κ3) is 16.3. The molecule has 7 atom stereocenters. The molecule has 2 N–H and O–H groups in total. The van der Waals surface area contributed by atoms with Crippen LogP contribution in [0.2, 0.25) is 0 Å². The zero-order valence-electron chi connectivity index (χ0n) is 37.6. The lowest BCUT2D eigenvalue weighted by atomic mass is 9.92. The summed E-state index contributed by atoms with van der Waals surface area (Å²) in [6.45, 7) is 18.6. The van der Waals surface area contributed by atoms with E-state index in [0.717, 1.165) is 36.3 Å².